The molecule has 0 aliphatic carbocycles. The fourth-order valence-corrected chi connectivity index (χ4v) is 3.48. The highest BCUT2D eigenvalue weighted by molar-refractivity contribution is 7.99. The lowest BCUT2D eigenvalue weighted by Gasteiger charge is -2.10. The van der Waals surface area contributed by atoms with E-state index in [0.717, 1.165) is 4.90 Å². The van der Waals surface area contributed by atoms with Crippen LogP contribution in [0.3, 0.4) is 0 Å². The van der Waals surface area contributed by atoms with Crippen LogP contribution in [-0.4, -0.2) is 0 Å². The average molecular weight is 313 g/mol. The summed E-state index contributed by atoms with van der Waals surface area (Å²) in [6, 6.07) is 10.1. The van der Waals surface area contributed by atoms with Gasteiger partial charge in [0.2, 0.25) is 0 Å². The molecule has 0 aromatic heterocycles. The van der Waals surface area contributed by atoms with Crippen LogP contribution in [0.4, 0.5) is 5.69 Å². The van der Waals surface area contributed by atoms with E-state index in [4.69, 9.17) is 29.0 Å². The van der Waals surface area contributed by atoms with Crippen LogP contribution >= 0.6 is 35.0 Å². The number of benzene rings is 2. The van der Waals surface area contributed by atoms with Crippen molar-refractivity contribution in [3.05, 3.63) is 51.5 Å². The number of rotatable bonds is 3. The second-order valence-corrected chi connectivity index (χ2v) is 6.21. The molecule has 0 fully saturated rings. The predicted molar refractivity (Wildman–Crippen MR) is 84.3 cm³/mol. The molecule has 0 saturated carbocycles. The van der Waals surface area contributed by atoms with Crippen molar-refractivity contribution in [3.8, 4) is 0 Å². The topological polar surface area (TPSA) is 38.0 Å². The molecule has 0 heterocycles. The molecule has 2 aromatic rings. The zero-order valence-electron chi connectivity index (χ0n) is 10.6. The number of anilines is 1. The Morgan fingerprint density at radius 3 is 2.21 bits per heavy atom. The Kier molecular flexibility index (Phi) is 4.63. The third kappa shape index (κ3) is 3.37. The first-order valence-corrected chi connectivity index (χ1v) is 7.29. The molecule has 100 valence electrons. The van der Waals surface area contributed by atoms with Crippen molar-refractivity contribution >= 4 is 40.7 Å². The van der Waals surface area contributed by atoms with Crippen LogP contribution in [0.5, 0.6) is 0 Å². The Morgan fingerprint density at radius 2 is 1.68 bits per heavy atom. The van der Waals surface area contributed by atoms with E-state index in [-0.39, 0.29) is 0 Å². The molecule has 0 saturated heterocycles. The van der Waals surface area contributed by atoms with E-state index in [1.807, 2.05) is 12.1 Å². The standard InChI is InChI=1S/C14H14Cl2N2S/c1-8-3-4-13(9(2)5-8)19-10-6-11(15)14(18-17)12(16)7-10/h3-7,18H,17H2,1-2H3. The maximum absolute atomic E-state index is 6.13. The van der Waals surface area contributed by atoms with Gasteiger partial charge in [0.05, 0.1) is 15.7 Å². The number of nitrogen functional groups attached to an aromatic ring is 1. The maximum Gasteiger partial charge on any atom is 0.0861 e. The summed E-state index contributed by atoms with van der Waals surface area (Å²) in [5, 5.41) is 1.03. The molecular formula is C14H14Cl2N2S. The summed E-state index contributed by atoms with van der Waals surface area (Å²) in [5.41, 5.74) is 5.53. The van der Waals surface area contributed by atoms with Crippen LogP contribution in [-0.2, 0) is 0 Å². The first-order valence-electron chi connectivity index (χ1n) is 5.72. The molecule has 0 spiro atoms. The molecule has 0 amide bonds. The van der Waals surface area contributed by atoms with Crippen molar-refractivity contribution < 1.29 is 0 Å². The van der Waals surface area contributed by atoms with Gasteiger partial charge >= 0.3 is 0 Å². The summed E-state index contributed by atoms with van der Waals surface area (Å²) >= 11 is 13.9. The zero-order valence-corrected chi connectivity index (χ0v) is 13.0. The minimum Gasteiger partial charge on any atom is -0.321 e. The molecule has 0 atom stereocenters. The van der Waals surface area contributed by atoms with E-state index in [0.29, 0.717) is 15.7 Å². The second kappa shape index (κ2) is 6.06. The largest absolute Gasteiger partial charge is 0.321 e. The number of halogens is 2. The summed E-state index contributed by atoms with van der Waals surface area (Å²) in [6.07, 6.45) is 0. The van der Waals surface area contributed by atoms with Gasteiger partial charge in [0.25, 0.3) is 0 Å². The van der Waals surface area contributed by atoms with E-state index in [9.17, 15) is 0 Å². The minimum atomic E-state index is 0.516. The van der Waals surface area contributed by atoms with Crippen LogP contribution < -0.4 is 11.3 Å². The van der Waals surface area contributed by atoms with Crippen molar-refractivity contribution in [2.75, 3.05) is 5.43 Å². The second-order valence-electron chi connectivity index (χ2n) is 4.28. The highest BCUT2D eigenvalue weighted by Crippen LogP contribution is 2.38. The van der Waals surface area contributed by atoms with Gasteiger partial charge in [-0.05, 0) is 37.6 Å². The molecule has 0 bridgehead atoms. The van der Waals surface area contributed by atoms with Gasteiger partial charge in [-0.2, -0.15) is 0 Å². The summed E-state index contributed by atoms with van der Waals surface area (Å²) in [7, 11) is 0. The van der Waals surface area contributed by atoms with Crippen LogP contribution in [0.15, 0.2) is 40.1 Å². The molecule has 0 radical (unpaired) electrons. The minimum absolute atomic E-state index is 0.516. The Morgan fingerprint density at radius 1 is 1.05 bits per heavy atom. The maximum atomic E-state index is 6.13. The van der Waals surface area contributed by atoms with Gasteiger partial charge in [-0.25, -0.2) is 0 Å². The van der Waals surface area contributed by atoms with Gasteiger partial charge in [-0.1, -0.05) is 52.7 Å². The van der Waals surface area contributed by atoms with Crippen molar-refractivity contribution in [2.45, 2.75) is 23.6 Å². The van der Waals surface area contributed by atoms with E-state index >= 15 is 0 Å². The Balaban J connectivity index is 2.33. The molecule has 0 aliphatic rings. The van der Waals surface area contributed by atoms with Gasteiger partial charge in [0.1, 0.15) is 0 Å². The molecule has 2 aromatic carbocycles. The van der Waals surface area contributed by atoms with Crippen LogP contribution in [0, 0.1) is 13.8 Å². The number of hydrogen-bond donors (Lipinski definition) is 2. The third-order valence-corrected chi connectivity index (χ3v) is 4.46. The molecular weight excluding hydrogens is 299 g/mol. The lowest BCUT2D eigenvalue weighted by atomic mass is 10.2. The first kappa shape index (κ1) is 14.5. The smallest absolute Gasteiger partial charge is 0.0861 e. The van der Waals surface area contributed by atoms with Crippen molar-refractivity contribution in [2.24, 2.45) is 5.84 Å². The fraction of sp³-hybridized carbons (Fsp3) is 0.143. The van der Waals surface area contributed by atoms with E-state index < -0.39 is 0 Å². The number of hydrogen-bond acceptors (Lipinski definition) is 3. The van der Waals surface area contributed by atoms with E-state index in [2.05, 4.69) is 37.5 Å². The number of aryl methyl sites for hydroxylation is 2. The van der Waals surface area contributed by atoms with Crippen molar-refractivity contribution in [1.29, 1.82) is 0 Å². The fourth-order valence-electron chi connectivity index (χ4n) is 1.79. The Bertz CT molecular complexity index is 591. The highest BCUT2D eigenvalue weighted by atomic mass is 35.5. The lowest BCUT2D eigenvalue weighted by molar-refractivity contribution is 1.26. The predicted octanol–water partition coefficient (Wildman–Crippen LogP) is 5.05. The number of nitrogens with two attached hydrogens (primary N) is 1. The normalized spacial score (nSPS) is 10.6. The summed E-state index contributed by atoms with van der Waals surface area (Å²) < 4.78 is 0. The van der Waals surface area contributed by atoms with E-state index in [1.165, 1.54) is 16.0 Å². The Labute approximate surface area is 127 Å². The van der Waals surface area contributed by atoms with Gasteiger partial charge in [-0.15, -0.1) is 0 Å². The van der Waals surface area contributed by atoms with Crippen molar-refractivity contribution in [3.63, 3.8) is 0 Å². The zero-order chi connectivity index (χ0) is 14.0. The molecule has 3 N–H and O–H groups in total. The number of hydrazine groups is 1. The number of nitrogens with one attached hydrogen (secondary N) is 1. The van der Waals surface area contributed by atoms with E-state index in [1.54, 1.807) is 11.8 Å². The quantitative estimate of drug-likeness (QED) is 0.615. The highest BCUT2D eigenvalue weighted by Gasteiger charge is 2.09. The molecule has 5 heteroatoms. The van der Waals surface area contributed by atoms with Crippen LogP contribution in [0.25, 0.3) is 0 Å². The monoisotopic (exact) mass is 312 g/mol. The van der Waals surface area contributed by atoms with Gasteiger partial charge < -0.3 is 5.43 Å². The third-order valence-electron chi connectivity index (χ3n) is 2.72. The van der Waals surface area contributed by atoms with Crippen LogP contribution in [0.2, 0.25) is 10.0 Å². The Hall–Kier alpha value is -0.870. The van der Waals surface area contributed by atoms with Crippen LogP contribution in [0.1, 0.15) is 11.1 Å². The molecule has 0 unspecified atom stereocenters. The molecule has 0 aliphatic heterocycles. The summed E-state index contributed by atoms with van der Waals surface area (Å²) in [5.74, 6) is 5.37. The van der Waals surface area contributed by atoms with Gasteiger partial charge in [0.15, 0.2) is 0 Å². The summed E-state index contributed by atoms with van der Waals surface area (Å²) in [6.45, 7) is 4.17. The molecule has 19 heavy (non-hydrogen) atoms. The molecule has 2 nitrogen and oxygen atoms in total. The average Bonchev–Trinajstić information content (AvgIpc) is 2.32. The lowest BCUT2D eigenvalue weighted by Crippen LogP contribution is -2.07. The van der Waals surface area contributed by atoms with Gasteiger partial charge in [-0.3, -0.25) is 5.84 Å². The SMILES string of the molecule is Cc1ccc(Sc2cc(Cl)c(NN)c(Cl)c2)c(C)c1. The van der Waals surface area contributed by atoms with Gasteiger partial charge in [0, 0.05) is 9.79 Å². The summed E-state index contributed by atoms with van der Waals surface area (Å²) in [4.78, 5) is 2.17. The molecule has 2 rings (SSSR count). The first-order chi connectivity index (χ1) is 9.01. The van der Waals surface area contributed by atoms with Crippen molar-refractivity contribution in [1.82, 2.24) is 0 Å².